The van der Waals surface area contributed by atoms with Gasteiger partial charge in [0.1, 0.15) is 5.82 Å². The van der Waals surface area contributed by atoms with Crippen molar-refractivity contribution in [3.05, 3.63) is 47.4 Å². The highest BCUT2D eigenvalue weighted by molar-refractivity contribution is 5.80. The number of hydrogen-bond donors (Lipinski definition) is 0. The Bertz CT molecular complexity index is 790. The third-order valence-corrected chi connectivity index (χ3v) is 3.56. The largest absolute Gasteiger partial charge is 0.355 e. The molecule has 3 aromatic heterocycles. The van der Waals surface area contributed by atoms with Gasteiger partial charge in [-0.3, -0.25) is 4.68 Å². The maximum Gasteiger partial charge on any atom is 0.162 e. The van der Waals surface area contributed by atoms with E-state index in [9.17, 15) is 0 Å². The fraction of sp³-hybridized carbons (Fsp3) is 0.312. The van der Waals surface area contributed by atoms with Gasteiger partial charge in [0.15, 0.2) is 5.65 Å². The van der Waals surface area contributed by atoms with Gasteiger partial charge in [0.05, 0.1) is 6.20 Å². The molecule has 0 aliphatic heterocycles. The van der Waals surface area contributed by atoms with Crippen molar-refractivity contribution in [2.75, 3.05) is 11.9 Å². The second kappa shape index (κ2) is 5.16. The van der Waals surface area contributed by atoms with Crippen LogP contribution in [0.2, 0.25) is 0 Å². The summed E-state index contributed by atoms with van der Waals surface area (Å²) in [6.45, 7) is 4.87. The second-order valence-electron chi connectivity index (χ2n) is 5.50. The molecule has 108 valence electrons. The van der Waals surface area contributed by atoms with Crippen LogP contribution >= 0.6 is 0 Å². The van der Waals surface area contributed by atoms with E-state index >= 15 is 0 Å². The fourth-order valence-corrected chi connectivity index (χ4v) is 2.54. The van der Waals surface area contributed by atoms with Crippen LogP contribution in [-0.2, 0) is 13.6 Å². The van der Waals surface area contributed by atoms with E-state index in [1.807, 2.05) is 44.2 Å². The Balaban J connectivity index is 1.93. The summed E-state index contributed by atoms with van der Waals surface area (Å²) < 4.78 is 1.81. The molecule has 0 spiro atoms. The molecule has 5 heteroatoms. The monoisotopic (exact) mass is 281 g/mol. The number of aromatic nitrogens is 4. The van der Waals surface area contributed by atoms with Crippen molar-refractivity contribution in [2.24, 2.45) is 7.05 Å². The molecule has 0 saturated heterocycles. The number of nitrogens with zero attached hydrogens (tertiary/aromatic N) is 5. The van der Waals surface area contributed by atoms with E-state index in [-0.39, 0.29) is 0 Å². The predicted octanol–water partition coefficient (Wildman–Crippen LogP) is 2.62. The maximum atomic E-state index is 4.69. The minimum absolute atomic E-state index is 0.775. The van der Waals surface area contributed by atoms with E-state index in [1.165, 1.54) is 5.56 Å². The number of hydrogen-bond acceptors (Lipinski definition) is 4. The summed E-state index contributed by atoms with van der Waals surface area (Å²) in [7, 11) is 3.96. The highest BCUT2D eigenvalue weighted by Gasteiger charge is 2.08. The van der Waals surface area contributed by atoms with Crippen molar-refractivity contribution in [2.45, 2.75) is 20.4 Å². The molecule has 0 unspecified atom stereocenters. The number of fused-ring (bicyclic) bond motifs is 1. The van der Waals surface area contributed by atoms with E-state index in [1.54, 1.807) is 0 Å². The summed E-state index contributed by atoms with van der Waals surface area (Å²) in [5, 5.41) is 5.30. The fourth-order valence-electron chi connectivity index (χ4n) is 2.54. The molecule has 3 aromatic rings. The van der Waals surface area contributed by atoms with Crippen molar-refractivity contribution < 1.29 is 0 Å². The minimum Gasteiger partial charge on any atom is -0.355 e. The summed E-state index contributed by atoms with van der Waals surface area (Å²) in [5.41, 5.74) is 4.18. The third-order valence-electron chi connectivity index (χ3n) is 3.56. The first-order valence-electron chi connectivity index (χ1n) is 6.96. The van der Waals surface area contributed by atoms with Gasteiger partial charge in [-0.15, -0.1) is 0 Å². The molecule has 3 rings (SSSR count). The molecular weight excluding hydrogens is 262 g/mol. The van der Waals surface area contributed by atoms with Crippen molar-refractivity contribution in [1.82, 2.24) is 19.7 Å². The quantitative estimate of drug-likeness (QED) is 0.740. The highest BCUT2D eigenvalue weighted by Crippen LogP contribution is 2.20. The first-order valence-corrected chi connectivity index (χ1v) is 6.96. The molecule has 0 aliphatic rings. The van der Waals surface area contributed by atoms with Crippen LogP contribution in [0.15, 0.2) is 30.6 Å². The van der Waals surface area contributed by atoms with E-state index in [4.69, 9.17) is 0 Å². The normalized spacial score (nSPS) is 11.0. The van der Waals surface area contributed by atoms with E-state index < -0.39 is 0 Å². The second-order valence-corrected chi connectivity index (χ2v) is 5.50. The molecule has 5 nitrogen and oxygen atoms in total. The average molecular weight is 281 g/mol. The smallest absolute Gasteiger partial charge is 0.162 e. The zero-order chi connectivity index (χ0) is 15.0. The Morgan fingerprint density at radius 1 is 1.19 bits per heavy atom. The summed E-state index contributed by atoms with van der Waals surface area (Å²) in [6, 6.07) is 6.23. The number of rotatable bonds is 3. The average Bonchev–Trinajstić information content (AvgIpc) is 2.83. The van der Waals surface area contributed by atoms with Crippen LogP contribution in [0.4, 0.5) is 5.82 Å². The van der Waals surface area contributed by atoms with Gasteiger partial charge in [0.25, 0.3) is 0 Å². The number of aryl methyl sites for hydroxylation is 3. The Morgan fingerprint density at radius 3 is 2.71 bits per heavy atom. The first kappa shape index (κ1) is 13.5. The molecule has 3 heterocycles. The standard InChI is InChI=1S/C16H19N5/c1-11-7-12(2)18-16-14(11)5-6-15(19-16)20(3)9-13-8-17-21(4)10-13/h5-8,10H,9H2,1-4H3. The Morgan fingerprint density at radius 2 is 2.00 bits per heavy atom. The summed E-state index contributed by atoms with van der Waals surface area (Å²) >= 11 is 0. The van der Waals surface area contributed by atoms with Gasteiger partial charge in [-0.25, -0.2) is 9.97 Å². The lowest BCUT2D eigenvalue weighted by molar-refractivity contribution is 0.766. The van der Waals surface area contributed by atoms with Crippen molar-refractivity contribution in [3.8, 4) is 0 Å². The van der Waals surface area contributed by atoms with Gasteiger partial charge in [-0.1, -0.05) is 0 Å². The lowest BCUT2D eigenvalue weighted by Crippen LogP contribution is -2.17. The zero-order valence-corrected chi connectivity index (χ0v) is 12.8. The molecule has 0 bridgehead atoms. The summed E-state index contributed by atoms with van der Waals surface area (Å²) in [4.78, 5) is 11.3. The molecular formula is C16H19N5. The van der Waals surface area contributed by atoms with Crippen LogP contribution in [0.1, 0.15) is 16.8 Å². The molecule has 0 atom stereocenters. The van der Waals surface area contributed by atoms with Crippen molar-refractivity contribution >= 4 is 16.9 Å². The Labute approximate surface area is 124 Å². The molecule has 21 heavy (non-hydrogen) atoms. The topological polar surface area (TPSA) is 46.8 Å². The van der Waals surface area contributed by atoms with Crippen LogP contribution in [-0.4, -0.2) is 26.8 Å². The van der Waals surface area contributed by atoms with Crippen molar-refractivity contribution in [1.29, 1.82) is 0 Å². The molecule has 0 aliphatic carbocycles. The Kier molecular flexibility index (Phi) is 3.33. The van der Waals surface area contributed by atoms with E-state index in [0.29, 0.717) is 0 Å². The van der Waals surface area contributed by atoms with Crippen LogP contribution in [0.25, 0.3) is 11.0 Å². The minimum atomic E-state index is 0.775. The lowest BCUT2D eigenvalue weighted by atomic mass is 10.1. The molecule has 0 saturated carbocycles. The molecule has 0 N–H and O–H groups in total. The summed E-state index contributed by atoms with van der Waals surface area (Å²) in [6.07, 6.45) is 3.90. The lowest BCUT2D eigenvalue weighted by Gasteiger charge is -2.17. The molecule has 0 aromatic carbocycles. The van der Waals surface area contributed by atoms with Crippen LogP contribution in [0.3, 0.4) is 0 Å². The Hall–Kier alpha value is -2.43. The van der Waals surface area contributed by atoms with Gasteiger partial charge in [-0.2, -0.15) is 5.10 Å². The van der Waals surface area contributed by atoms with Crippen LogP contribution < -0.4 is 4.90 Å². The zero-order valence-electron chi connectivity index (χ0n) is 12.8. The molecule has 0 amide bonds. The third kappa shape index (κ3) is 2.72. The molecule has 0 fully saturated rings. The SMILES string of the molecule is Cc1cc(C)c2ccc(N(C)Cc3cnn(C)c3)nc2n1. The van der Waals surface area contributed by atoms with Crippen LogP contribution in [0, 0.1) is 13.8 Å². The highest BCUT2D eigenvalue weighted by atomic mass is 15.2. The summed E-state index contributed by atoms with van der Waals surface area (Å²) in [5.74, 6) is 0.920. The first-order chi connectivity index (χ1) is 10.0. The maximum absolute atomic E-state index is 4.69. The molecule has 0 radical (unpaired) electrons. The van der Waals surface area contributed by atoms with Crippen molar-refractivity contribution in [3.63, 3.8) is 0 Å². The van der Waals surface area contributed by atoms with Gasteiger partial charge in [0.2, 0.25) is 0 Å². The van der Waals surface area contributed by atoms with E-state index in [0.717, 1.165) is 34.7 Å². The number of pyridine rings is 2. The van der Waals surface area contributed by atoms with Gasteiger partial charge >= 0.3 is 0 Å². The van der Waals surface area contributed by atoms with Gasteiger partial charge in [0, 0.05) is 43.5 Å². The predicted molar refractivity (Wildman–Crippen MR) is 84.3 cm³/mol. The van der Waals surface area contributed by atoms with Gasteiger partial charge < -0.3 is 4.90 Å². The van der Waals surface area contributed by atoms with Crippen LogP contribution in [0.5, 0.6) is 0 Å². The van der Waals surface area contributed by atoms with Gasteiger partial charge in [-0.05, 0) is 37.6 Å². The number of anilines is 1. The van der Waals surface area contributed by atoms with E-state index in [2.05, 4.69) is 39.0 Å².